The maximum absolute atomic E-state index is 12.9. The van der Waals surface area contributed by atoms with Gasteiger partial charge < -0.3 is 4.65 Å². The highest BCUT2D eigenvalue weighted by Gasteiger charge is 2.31. The molecule has 27 heavy (non-hydrogen) atoms. The average molecular weight is 364 g/mol. The molecule has 5 heteroatoms. The summed E-state index contributed by atoms with van der Waals surface area (Å²) >= 11 is 0. The van der Waals surface area contributed by atoms with Gasteiger partial charge in [0.1, 0.15) is 5.76 Å². The monoisotopic (exact) mass is 364 g/mol. The Morgan fingerprint density at radius 3 is 2.26 bits per heavy atom. The van der Waals surface area contributed by atoms with Gasteiger partial charge in [-0.15, -0.1) is 0 Å². The summed E-state index contributed by atoms with van der Waals surface area (Å²) in [4.78, 5) is 12.2. The summed E-state index contributed by atoms with van der Waals surface area (Å²) < 4.78 is 30.6. The average Bonchev–Trinajstić information content (AvgIpc) is 2.66. The van der Waals surface area contributed by atoms with Crippen LogP contribution in [0.2, 0.25) is 0 Å². The van der Waals surface area contributed by atoms with Crippen molar-refractivity contribution in [3.8, 4) is 0 Å². The van der Waals surface area contributed by atoms with Crippen molar-refractivity contribution in [2.75, 3.05) is 0 Å². The number of hydrogen-bond acceptors (Lipinski definition) is 2. The van der Waals surface area contributed by atoms with Crippen LogP contribution in [-0.2, 0) is 9.45 Å². The number of hydrogen-bond donors (Lipinski definition) is 0. The number of benzene rings is 2. The lowest BCUT2D eigenvalue weighted by atomic mass is 9.79. The SMILES string of the molecule is CC(=O)C1=C(OB(F)F)C=C(/C=C/c2ccccc2)CC1c1ccccc1. The number of rotatable bonds is 6. The van der Waals surface area contributed by atoms with Gasteiger partial charge in [0.25, 0.3) is 0 Å². The normalized spacial score (nSPS) is 17.0. The van der Waals surface area contributed by atoms with Gasteiger partial charge in [-0.05, 0) is 36.1 Å². The molecule has 0 aromatic heterocycles. The Morgan fingerprint density at radius 1 is 1.04 bits per heavy atom. The van der Waals surface area contributed by atoms with Crippen LogP contribution in [0.3, 0.4) is 0 Å². The summed E-state index contributed by atoms with van der Waals surface area (Å²) in [5.74, 6) is -0.634. The molecule has 0 spiro atoms. The quantitative estimate of drug-likeness (QED) is 0.624. The predicted octanol–water partition coefficient (Wildman–Crippen LogP) is 5.60. The number of carbonyl (C=O) groups is 1. The molecule has 2 aromatic rings. The highest BCUT2D eigenvalue weighted by atomic mass is 19.2. The van der Waals surface area contributed by atoms with Crippen LogP contribution in [0.1, 0.15) is 30.4 Å². The minimum Gasteiger partial charge on any atom is -0.505 e. The van der Waals surface area contributed by atoms with Crippen LogP contribution >= 0.6 is 0 Å². The molecule has 3 rings (SSSR count). The fourth-order valence-corrected chi connectivity index (χ4v) is 3.28. The molecule has 1 atom stereocenters. The van der Waals surface area contributed by atoms with E-state index in [2.05, 4.69) is 0 Å². The van der Waals surface area contributed by atoms with E-state index in [9.17, 15) is 13.4 Å². The van der Waals surface area contributed by atoms with Gasteiger partial charge in [0.2, 0.25) is 0 Å². The Balaban J connectivity index is 2.02. The van der Waals surface area contributed by atoms with E-state index in [4.69, 9.17) is 4.65 Å². The smallest absolute Gasteiger partial charge is 0.505 e. The first-order valence-electron chi connectivity index (χ1n) is 8.73. The zero-order valence-electron chi connectivity index (χ0n) is 14.9. The lowest BCUT2D eigenvalue weighted by Gasteiger charge is -2.26. The molecule has 0 amide bonds. The van der Waals surface area contributed by atoms with Crippen LogP contribution in [0.15, 0.2) is 89.7 Å². The van der Waals surface area contributed by atoms with E-state index in [1.165, 1.54) is 6.92 Å². The molecule has 0 bridgehead atoms. The van der Waals surface area contributed by atoms with Gasteiger partial charge in [-0.3, -0.25) is 4.79 Å². The summed E-state index contributed by atoms with van der Waals surface area (Å²) in [6.45, 7) is 1.39. The van der Waals surface area contributed by atoms with E-state index in [1.807, 2.05) is 72.8 Å². The highest BCUT2D eigenvalue weighted by molar-refractivity contribution is 6.35. The molecule has 1 unspecified atom stereocenters. The Kier molecular flexibility index (Phi) is 6.02. The Morgan fingerprint density at radius 2 is 1.67 bits per heavy atom. The first kappa shape index (κ1) is 18.8. The summed E-state index contributed by atoms with van der Waals surface area (Å²) in [5.41, 5.74) is 3.02. The Labute approximate surface area is 158 Å². The number of ketones is 1. The molecule has 1 aliphatic carbocycles. The minimum absolute atomic E-state index is 0.0506. The van der Waals surface area contributed by atoms with Crippen LogP contribution in [0.25, 0.3) is 6.08 Å². The molecule has 0 heterocycles. The number of allylic oxidation sites excluding steroid dienone is 4. The zero-order chi connectivity index (χ0) is 19.2. The van der Waals surface area contributed by atoms with Crippen molar-refractivity contribution >= 4 is 19.3 Å². The van der Waals surface area contributed by atoms with Gasteiger partial charge in [0.05, 0.1) is 0 Å². The van der Waals surface area contributed by atoms with Crippen LogP contribution < -0.4 is 0 Å². The minimum atomic E-state index is -2.99. The molecule has 0 fully saturated rings. The number of halogens is 2. The predicted molar refractivity (Wildman–Crippen MR) is 104 cm³/mol. The van der Waals surface area contributed by atoms with Gasteiger partial charge in [0.15, 0.2) is 5.78 Å². The van der Waals surface area contributed by atoms with E-state index in [0.29, 0.717) is 12.0 Å². The van der Waals surface area contributed by atoms with Crippen molar-refractivity contribution in [1.82, 2.24) is 0 Å². The maximum atomic E-state index is 12.9. The molecule has 0 saturated heterocycles. The molecule has 0 aliphatic heterocycles. The second-order valence-corrected chi connectivity index (χ2v) is 6.34. The van der Waals surface area contributed by atoms with Gasteiger partial charge in [-0.25, -0.2) is 8.63 Å². The van der Waals surface area contributed by atoms with Gasteiger partial charge in [0, 0.05) is 11.5 Å². The molecule has 136 valence electrons. The summed E-state index contributed by atoms with van der Waals surface area (Å²) in [6, 6.07) is 19.1. The highest BCUT2D eigenvalue weighted by Crippen LogP contribution is 2.39. The molecule has 2 aromatic carbocycles. The number of carbonyl (C=O) groups excluding carboxylic acids is 1. The second-order valence-electron chi connectivity index (χ2n) is 6.34. The van der Waals surface area contributed by atoms with Crippen LogP contribution in [0.5, 0.6) is 0 Å². The van der Waals surface area contributed by atoms with E-state index in [1.54, 1.807) is 6.08 Å². The molecule has 0 N–H and O–H groups in total. The lowest BCUT2D eigenvalue weighted by Crippen LogP contribution is -2.19. The van der Waals surface area contributed by atoms with Crippen molar-refractivity contribution in [3.05, 3.63) is 101 Å². The van der Waals surface area contributed by atoms with Gasteiger partial charge in [-0.1, -0.05) is 72.8 Å². The van der Waals surface area contributed by atoms with Crippen LogP contribution in [0.4, 0.5) is 8.63 Å². The second kappa shape index (κ2) is 8.63. The summed E-state index contributed by atoms with van der Waals surface area (Å²) in [6.07, 6.45) is 5.89. The first-order chi connectivity index (χ1) is 13.0. The van der Waals surface area contributed by atoms with Crippen molar-refractivity contribution in [1.29, 1.82) is 0 Å². The fraction of sp³-hybridized carbons (Fsp3) is 0.136. The molecular weight excluding hydrogens is 345 g/mol. The van der Waals surface area contributed by atoms with E-state index < -0.39 is 7.47 Å². The lowest BCUT2D eigenvalue weighted by molar-refractivity contribution is -0.114. The topological polar surface area (TPSA) is 26.3 Å². The summed E-state index contributed by atoms with van der Waals surface area (Å²) in [7, 11) is -2.99. The third kappa shape index (κ3) is 4.82. The van der Waals surface area contributed by atoms with Crippen LogP contribution in [0, 0.1) is 0 Å². The molecule has 0 saturated carbocycles. The standard InChI is InChI=1S/C22H19BF2O2/c1-16(26)22-20(19-10-6-3-7-11-19)14-18(15-21(22)27-23(24)25)13-12-17-8-4-2-5-9-17/h2-13,15,20H,14H2,1H3/b13-12+. The maximum Gasteiger partial charge on any atom is 0.796 e. The molecule has 1 aliphatic rings. The summed E-state index contributed by atoms with van der Waals surface area (Å²) in [5, 5.41) is 0. The van der Waals surface area contributed by atoms with Gasteiger partial charge in [-0.2, -0.15) is 0 Å². The van der Waals surface area contributed by atoms with E-state index in [0.717, 1.165) is 16.7 Å². The largest absolute Gasteiger partial charge is 0.796 e. The molecule has 0 radical (unpaired) electrons. The van der Waals surface area contributed by atoms with E-state index in [-0.39, 0.29) is 17.5 Å². The van der Waals surface area contributed by atoms with Crippen LogP contribution in [-0.4, -0.2) is 13.3 Å². The Hall–Kier alpha value is -2.95. The van der Waals surface area contributed by atoms with Crippen molar-refractivity contribution < 1.29 is 18.1 Å². The fourth-order valence-electron chi connectivity index (χ4n) is 3.28. The van der Waals surface area contributed by atoms with E-state index >= 15 is 0 Å². The zero-order valence-corrected chi connectivity index (χ0v) is 14.9. The van der Waals surface area contributed by atoms with Crippen molar-refractivity contribution in [3.63, 3.8) is 0 Å². The number of Topliss-reactive ketones (excluding diaryl/α,β-unsaturated/α-hetero) is 1. The van der Waals surface area contributed by atoms with Crippen molar-refractivity contribution in [2.45, 2.75) is 19.3 Å². The first-order valence-corrected chi connectivity index (χ1v) is 8.73. The third-order valence-electron chi connectivity index (χ3n) is 4.46. The Bertz CT molecular complexity index is 887. The third-order valence-corrected chi connectivity index (χ3v) is 4.46. The van der Waals surface area contributed by atoms with Crippen molar-refractivity contribution in [2.24, 2.45) is 0 Å². The molecule has 2 nitrogen and oxygen atoms in total. The van der Waals surface area contributed by atoms with Gasteiger partial charge >= 0.3 is 7.47 Å². The molecular formula is C22H19BF2O2.